The standard InChI is InChI=1S/C31H39N5O7/c1-30(2,3)19-12-36(13-33-19)11-15-10-18(34(4)5)16-8-14-9-17-23(35(6)7)26(39)22(29(32)42)28(41)31(17,43)27(40)20(14)25(38)21(16)24(15)37/h10,12-14,17,23,37,39-40,43H,8-9,11H2,1-7H3,(H2,32,42)/t14?,17-,23?,31-/m0/s1. The molecular weight excluding hydrogens is 554 g/mol. The van der Waals surface area contributed by atoms with Crippen LogP contribution in [0.2, 0.25) is 0 Å². The lowest BCUT2D eigenvalue weighted by Gasteiger charge is -2.50. The second-order valence-electron chi connectivity index (χ2n) is 13.3. The molecule has 3 aliphatic carbocycles. The van der Waals surface area contributed by atoms with Crippen molar-refractivity contribution in [1.29, 1.82) is 0 Å². The number of Topliss-reactive ketones (excluding diaryl/α,β-unsaturated/α-hetero) is 2. The first-order chi connectivity index (χ1) is 19.9. The van der Waals surface area contributed by atoms with Gasteiger partial charge in [0, 0.05) is 48.4 Å². The molecule has 0 bridgehead atoms. The molecular formula is C31H39N5O7. The molecule has 0 fully saturated rings. The molecule has 0 saturated heterocycles. The number of aliphatic hydroxyl groups excluding tert-OH is 2. The predicted molar refractivity (Wildman–Crippen MR) is 158 cm³/mol. The summed E-state index contributed by atoms with van der Waals surface area (Å²) in [5, 5.41) is 45.9. The van der Waals surface area contributed by atoms with E-state index in [1.54, 1.807) is 20.4 Å². The van der Waals surface area contributed by atoms with E-state index in [0.29, 0.717) is 16.8 Å². The molecule has 230 valence electrons. The van der Waals surface area contributed by atoms with Gasteiger partial charge in [0.25, 0.3) is 5.91 Å². The van der Waals surface area contributed by atoms with Gasteiger partial charge in [-0.15, -0.1) is 0 Å². The number of carbonyl (C=O) groups is 3. The van der Waals surface area contributed by atoms with Crippen LogP contribution in [0.3, 0.4) is 0 Å². The number of ketones is 2. The molecule has 0 spiro atoms. The lowest BCUT2D eigenvalue weighted by Crippen LogP contribution is -2.63. The van der Waals surface area contributed by atoms with Gasteiger partial charge in [0.1, 0.15) is 22.8 Å². The van der Waals surface area contributed by atoms with Crippen LogP contribution in [-0.2, 0) is 28.0 Å². The highest BCUT2D eigenvalue weighted by molar-refractivity contribution is 6.25. The number of carbonyl (C=O) groups excluding carboxylic acids is 3. The average Bonchev–Trinajstić information content (AvgIpc) is 3.36. The number of fused-ring (bicyclic) bond motifs is 3. The number of primary amides is 1. The third kappa shape index (κ3) is 4.42. The van der Waals surface area contributed by atoms with Gasteiger partial charge in [0.15, 0.2) is 11.4 Å². The molecule has 12 heteroatoms. The summed E-state index contributed by atoms with van der Waals surface area (Å²) in [5.41, 5.74) is 4.11. The molecule has 1 aromatic carbocycles. The van der Waals surface area contributed by atoms with Crippen LogP contribution in [0.1, 0.15) is 54.4 Å². The van der Waals surface area contributed by atoms with Crippen molar-refractivity contribution in [3.05, 3.63) is 63.6 Å². The van der Waals surface area contributed by atoms with E-state index in [-0.39, 0.29) is 41.7 Å². The number of allylic oxidation sites excluding steroid dienone is 1. The summed E-state index contributed by atoms with van der Waals surface area (Å²) >= 11 is 0. The van der Waals surface area contributed by atoms with Crippen molar-refractivity contribution in [3.8, 4) is 5.75 Å². The fourth-order valence-corrected chi connectivity index (χ4v) is 6.90. The maximum Gasteiger partial charge on any atom is 0.255 e. The summed E-state index contributed by atoms with van der Waals surface area (Å²) in [4.78, 5) is 47.8. The minimum Gasteiger partial charge on any atom is -0.510 e. The summed E-state index contributed by atoms with van der Waals surface area (Å²) in [7, 11) is 6.85. The average molecular weight is 594 g/mol. The second-order valence-corrected chi connectivity index (χ2v) is 13.3. The van der Waals surface area contributed by atoms with Crippen LogP contribution in [-0.4, -0.2) is 92.2 Å². The van der Waals surface area contributed by atoms with Crippen molar-refractivity contribution in [3.63, 3.8) is 0 Å². The zero-order chi connectivity index (χ0) is 31.9. The Bertz CT molecular complexity index is 1630. The van der Waals surface area contributed by atoms with Gasteiger partial charge in [-0.25, -0.2) is 4.98 Å². The third-order valence-electron chi connectivity index (χ3n) is 9.01. The Morgan fingerprint density at radius 2 is 1.81 bits per heavy atom. The number of likely N-dealkylation sites (N-methyl/N-ethyl adjacent to an activating group) is 1. The van der Waals surface area contributed by atoms with Crippen LogP contribution in [0.25, 0.3) is 0 Å². The maximum absolute atomic E-state index is 14.2. The smallest absolute Gasteiger partial charge is 0.255 e. The van der Waals surface area contributed by atoms with Crippen LogP contribution >= 0.6 is 0 Å². The second kappa shape index (κ2) is 9.95. The minimum atomic E-state index is -2.68. The maximum atomic E-state index is 14.2. The van der Waals surface area contributed by atoms with Gasteiger partial charge in [-0.05, 0) is 44.5 Å². The summed E-state index contributed by atoms with van der Waals surface area (Å²) in [6.45, 7) is 6.34. The molecule has 0 saturated carbocycles. The van der Waals surface area contributed by atoms with Gasteiger partial charge in [0.2, 0.25) is 5.78 Å². The number of aromatic hydroxyl groups is 1. The highest BCUT2D eigenvalue weighted by atomic mass is 16.3. The first kappa shape index (κ1) is 30.3. The first-order valence-electron chi connectivity index (χ1n) is 14.1. The molecule has 3 aliphatic rings. The molecule has 5 rings (SSSR count). The number of anilines is 1. The fraction of sp³-hybridized carbons (Fsp3) is 0.484. The lowest BCUT2D eigenvalue weighted by molar-refractivity contribution is -0.148. The fourth-order valence-electron chi connectivity index (χ4n) is 6.90. The first-order valence-corrected chi connectivity index (χ1v) is 14.1. The number of rotatable bonds is 5. The number of benzene rings is 1. The molecule has 4 atom stereocenters. The van der Waals surface area contributed by atoms with Gasteiger partial charge in [0.05, 0.1) is 30.2 Å². The van der Waals surface area contributed by atoms with E-state index < -0.39 is 58.0 Å². The number of nitrogens with zero attached hydrogens (tertiary/aromatic N) is 4. The summed E-state index contributed by atoms with van der Waals surface area (Å²) in [5.74, 6) is -6.69. The number of phenolic OH excluding ortho intramolecular Hbond substituents is 1. The highest BCUT2D eigenvalue weighted by Crippen LogP contribution is 2.53. The van der Waals surface area contributed by atoms with E-state index in [9.17, 15) is 34.8 Å². The van der Waals surface area contributed by atoms with Crippen molar-refractivity contribution in [2.24, 2.45) is 17.6 Å². The van der Waals surface area contributed by atoms with Crippen LogP contribution in [0.5, 0.6) is 5.75 Å². The summed E-state index contributed by atoms with van der Waals surface area (Å²) < 4.78 is 1.81. The molecule has 0 aliphatic heterocycles. The SMILES string of the molecule is CN(C)c1cc(Cn2cnc(C(C)(C)C)c2)c(O)c2c1CC1C[C@H]3C(N(C)C)C(O)=C(C(N)=O)C(=O)[C@@]3(O)C(O)=C1C2=O. The summed E-state index contributed by atoms with van der Waals surface area (Å²) in [6, 6.07) is 0.787. The molecule has 2 unspecified atom stereocenters. The highest BCUT2D eigenvalue weighted by Gasteiger charge is 2.63. The Labute approximate surface area is 249 Å². The molecule has 1 aromatic heterocycles. The number of phenols is 1. The van der Waals surface area contributed by atoms with E-state index in [1.807, 2.05) is 56.6 Å². The Morgan fingerprint density at radius 1 is 1.16 bits per heavy atom. The normalized spacial score (nSPS) is 25.6. The molecule has 43 heavy (non-hydrogen) atoms. The van der Waals surface area contributed by atoms with E-state index >= 15 is 0 Å². The van der Waals surface area contributed by atoms with Gasteiger partial charge < -0.3 is 35.6 Å². The Balaban J connectivity index is 1.67. The molecule has 1 amide bonds. The molecule has 2 aromatic rings. The third-order valence-corrected chi connectivity index (χ3v) is 9.01. The topological polar surface area (TPSA) is 182 Å². The molecule has 6 N–H and O–H groups in total. The largest absolute Gasteiger partial charge is 0.510 e. The summed E-state index contributed by atoms with van der Waals surface area (Å²) in [6.07, 6.45) is 3.79. The monoisotopic (exact) mass is 593 g/mol. The van der Waals surface area contributed by atoms with E-state index in [2.05, 4.69) is 4.98 Å². The van der Waals surface area contributed by atoms with Gasteiger partial charge in [-0.3, -0.25) is 19.3 Å². The van der Waals surface area contributed by atoms with Crippen molar-refractivity contribution in [2.75, 3.05) is 33.1 Å². The zero-order valence-corrected chi connectivity index (χ0v) is 25.5. The van der Waals surface area contributed by atoms with Crippen molar-refractivity contribution in [1.82, 2.24) is 14.5 Å². The lowest BCUT2D eigenvalue weighted by atomic mass is 9.58. The Morgan fingerprint density at radius 3 is 2.35 bits per heavy atom. The number of aliphatic hydroxyl groups is 3. The van der Waals surface area contributed by atoms with Crippen molar-refractivity contribution in [2.45, 2.75) is 57.2 Å². The van der Waals surface area contributed by atoms with Crippen LogP contribution in [0.4, 0.5) is 5.69 Å². The molecule has 12 nitrogen and oxygen atoms in total. The van der Waals surface area contributed by atoms with Crippen LogP contribution < -0.4 is 10.6 Å². The van der Waals surface area contributed by atoms with E-state index in [4.69, 9.17) is 5.73 Å². The van der Waals surface area contributed by atoms with Crippen LogP contribution in [0, 0.1) is 11.8 Å². The van der Waals surface area contributed by atoms with Crippen LogP contribution in [0.15, 0.2) is 41.3 Å². The predicted octanol–water partition coefficient (Wildman–Crippen LogP) is 1.73. The number of hydrogen-bond acceptors (Lipinski definition) is 10. The zero-order valence-electron chi connectivity index (χ0n) is 25.5. The minimum absolute atomic E-state index is 0.0156. The Kier molecular flexibility index (Phi) is 7.01. The van der Waals surface area contributed by atoms with E-state index in [0.717, 1.165) is 5.69 Å². The van der Waals surface area contributed by atoms with Gasteiger partial charge in [-0.2, -0.15) is 0 Å². The number of amides is 1. The molecule has 1 heterocycles. The number of aromatic nitrogens is 2. The van der Waals surface area contributed by atoms with Crippen molar-refractivity contribution < 1.29 is 34.8 Å². The quantitative estimate of drug-likeness (QED) is 0.320. The van der Waals surface area contributed by atoms with Crippen molar-refractivity contribution >= 4 is 23.2 Å². The number of hydrogen-bond donors (Lipinski definition) is 5. The molecule has 0 radical (unpaired) electrons. The number of imidazole rings is 1. The Hall–Kier alpha value is -4.16. The van der Waals surface area contributed by atoms with E-state index in [1.165, 1.54) is 4.90 Å². The van der Waals surface area contributed by atoms with Gasteiger partial charge in [-0.1, -0.05) is 20.8 Å². The number of nitrogens with two attached hydrogens (primary N) is 1. The van der Waals surface area contributed by atoms with Gasteiger partial charge >= 0.3 is 0 Å².